The summed E-state index contributed by atoms with van der Waals surface area (Å²) in [5, 5.41) is 0. The lowest BCUT2D eigenvalue weighted by atomic mass is 10.0. The van der Waals surface area contributed by atoms with Gasteiger partial charge in [-0.2, -0.15) is 0 Å². The predicted octanol–water partition coefficient (Wildman–Crippen LogP) is 1.53. The Morgan fingerprint density at radius 2 is 1.90 bits per heavy atom. The zero-order valence-electron chi connectivity index (χ0n) is 13.3. The van der Waals surface area contributed by atoms with Crippen molar-refractivity contribution in [3.8, 4) is 0 Å². The van der Waals surface area contributed by atoms with Gasteiger partial charge in [0.2, 0.25) is 0 Å². The molecule has 118 valence electrons. The van der Waals surface area contributed by atoms with Gasteiger partial charge in [0.1, 0.15) is 5.82 Å². The van der Waals surface area contributed by atoms with Crippen molar-refractivity contribution in [3.05, 3.63) is 29.6 Å². The number of piperazine rings is 1. The summed E-state index contributed by atoms with van der Waals surface area (Å²) in [6.45, 7) is 7.69. The van der Waals surface area contributed by atoms with Crippen molar-refractivity contribution in [3.63, 3.8) is 0 Å². The average molecular weight is 294 g/mol. The molecule has 0 spiro atoms. The van der Waals surface area contributed by atoms with Gasteiger partial charge >= 0.3 is 0 Å². The van der Waals surface area contributed by atoms with E-state index in [0.29, 0.717) is 5.69 Å². The first-order valence-electron chi connectivity index (χ1n) is 7.65. The van der Waals surface area contributed by atoms with Gasteiger partial charge in [-0.3, -0.25) is 4.90 Å². The van der Waals surface area contributed by atoms with Crippen molar-refractivity contribution in [1.29, 1.82) is 0 Å². The maximum Gasteiger partial charge on any atom is 0.146 e. The third kappa shape index (κ3) is 4.15. The summed E-state index contributed by atoms with van der Waals surface area (Å²) < 4.78 is 14.2. The highest BCUT2D eigenvalue weighted by molar-refractivity contribution is 5.56. The number of nitrogens with two attached hydrogens (primary N) is 1. The fraction of sp³-hybridized carbons (Fsp3) is 0.625. The first kappa shape index (κ1) is 16.2. The standard InChI is InChI=1S/C16H27FN4/c1-13(18)14-5-4-6-15(17)16(14)21-11-9-20(10-12-21)8-7-19(2)3/h4-6,13H,7-12,18H2,1-3H3/t13-/m1/s1. The van der Waals surface area contributed by atoms with E-state index in [9.17, 15) is 4.39 Å². The molecule has 21 heavy (non-hydrogen) atoms. The fourth-order valence-corrected chi connectivity index (χ4v) is 2.77. The van der Waals surface area contributed by atoms with E-state index in [0.717, 1.165) is 44.8 Å². The summed E-state index contributed by atoms with van der Waals surface area (Å²) in [5.74, 6) is -0.161. The maximum atomic E-state index is 14.2. The number of hydrogen-bond donors (Lipinski definition) is 1. The summed E-state index contributed by atoms with van der Waals surface area (Å²) in [7, 11) is 4.18. The zero-order chi connectivity index (χ0) is 15.4. The number of nitrogens with zero attached hydrogens (tertiary/aromatic N) is 3. The Balaban J connectivity index is 2.02. The summed E-state index contributed by atoms with van der Waals surface area (Å²) in [5.41, 5.74) is 7.58. The molecule has 0 unspecified atom stereocenters. The summed E-state index contributed by atoms with van der Waals surface area (Å²) in [4.78, 5) is 6.76. The molecule has 5 heteroatoms. The molecule has 1 aromatic rings. The average Bonchev–Trinajstić information content (AvgIpc) is 2.45. The largest absolute Gasteiger partial charge is 0.366 e. The third-order valence-corrected chi connectivity index (χ3v) is 4.06. The maximum absolute atomic E-state index is 14.2. The Kier molecular flexibility index (Phi) is 5.56. The Morgan fingerprint density at radius 1 is 1.24 bits per heavy atom. The molecule has 1 atom stereocenters. The number of likely N-dealkylation sites (N-methyl/N-ethyl adjacent to an activating group) is 1. The molecule has 0 saturated carbocycles. The molecule has 1 fully saturated rings. The van der Waals surface area contributed by atoms with Gasteiger partial charge in [0, 0.05) is 45.3 Å². The van der Waals surface area contributed by atoms with Gasteiger partial charge in [0.25, 0.3) is 0 Å². The van der Waals surface area contributed by atoms with Crippen LogP contribution in [0.15, 0.2) is 18.2 Å². The Labute approximate surface area is 127 Å². The fourth-order valence-electron chi connectivity index (χ4n) is 2.77. The van der Waals surface area contributed by atoms with Crippen LogP contribution in [0.3, 0.4) is 0 Å². The van der Waals surface area contributed by atoms with E-state index in [1.165, 1.54) is 6.07 Å². The van der Waals surface area contributed by atoms with Crippen LogP contribution in [0, 0.1) is 5.82 Å². The van der Waals surface area contributed by atoms with Crippen LogP contribution in [-0.4, -0.2) is 63.2 Å². The topological polar surface area (TPSA) is 35.7 Å². The van der Waals surface area contributed by atoms with Crippen LogP contribution in [0.1, 0.15) is 18.5 Å². The second-order valence-corrected chi connectivity index (χ2v) is 6.10. The molecule has 0 bridgehead atoms. The SMILES string of the molecule is C[C@@H](N)c1cccc(F)c1N1CCN(CCN(C)C)CC1. The summed E-state index contributed by atoms with van der Waals surface area (Å²) >= 11 is 0. The minimum absolute atomic E-state index is 0.150. The van der Waals surface area contributed by atoms with Crippen molar-refractivity contribution in [2.45, 2.75) is 13.0 Å². The van der Waals surface area contributed by atoms with Crippen LogP contribution in [0.2, 0.25) is 0 Å². The normalized spacial score (nSPS) is 18.3. The number of hydrogen-bond acceptors (Lipinski definition) is 4. The minimum Gasteiger partial charge on any atom is -0.366 e. The number of halogens is 1. The predicted molar refractivity (Wildman–Crippen MR) is 86.2 cm³/mol. The Hall–Kier alpha value is -1.17. The molecule has 1 aliphatic heterocycles. The van der Waals surface area contributed by atoms with Crippen molar-refractivity contribution in [2.75, 3.05) is 58.3 Å². The van der Waals surface area contributed by atoms with E-state index < -0.39 is 0 Å². The first-order valence-corrected chi connectivity index (χ1v) is 7.65. The molecule has 2 rings (SSSR count). The molecule has 0 radical (unpaired) electrons. The van der Waals surface area contributed by atoms with Gasteiger partial charge < -0.3 is 15.5 Å². The second kappa shape index (κ2) is 7.20. The number of para-hydroxylation sites is 1. The molecule has 0 aromatic heterocycles. The van der Waals surface area contributed by atoms with Crippen molar-refractivity contribution in [1.82, 2.24) is 9.80 Å². The van der Waals surface area contributed by atoms with E-state index in [4.69, 9.17) is 5.73 Å². The first-order chi connectivity index (χ1) is 9.99. The minimum atomic E-state index is -0.161. The van der Waals surface area contributed by atoms with Crippen LogP contribution >= 0.6 is 0 Å². The van der Waals surface area contributed by atoms with Gasteiger partial charge in [-0.15, -0.1) is 0 Å². The van der Waals surface area contributed by atoms with Gasteiger partial charge in [0.05, 0.1) is 5.69 Å². The lowest BCUT2D eigenvalue weighted by molar-refractivity contribution is 0.229. The summed E-state index contributed by atoms with van der Waals surface area (Å²) in [6.07, 6.45) is 0. The quantitative estimate of drug-likeness (QED) is 0.893. The summed E-state index contributed by atoms with van der Waals surface area (Å²) in [6, 6.07) is 5.05. The van der Waals surface area contributed by atoms with E-state index in [-0.39, 0.29) is 11.9 Å². The molecule has 1 aliphatic rings. The van der Waals surface area contributed by atoms with Crippen molar-refractivity contribution in [2.24, 2.45) is 5.73 Å². The number of anilines is 1. The van der Waals surface area contributed by atoms with Gasteiger partial charge in [0.15, 0.2) is 0 Å². The van der Waals surface area contributed by atoms with Crippen LogP contribution in [0.4, 0.5) is 10.1 Å². The molecule has 1 heterocycles. The Bertz CT molecular complexity index is 454. The molecule has 0 amide bonds. The third-order valence-electron chi connectivity index (χ3n) is 4.06. The highest BCUT2D eigenvalue weighted by Gasteiger charge is 2.22. The smallest absolute Gasteiger partial charge is 0.146 e. The van der Waals surface area contributed by atoms with E-state index in [1.807, 2.05) is 13.0 Å². The van der Waals surface area contributed by atoms with Crippen LogP contribution in [0.25, 0.3) is 0 Å². The van der Waals surface area contributed by atoms with Crippen LogP contribution in [0.5, 0.6) is 0 Å². The molecule has 2 N–H and O–H groups in total. The zero-order valence-corrected chi connectivity index (χ0v) is 13.3. The van der Waals surface area contributed by atoms with Crippen LogP contribution < -0.4 is 10.6 Å². The van der Waals surface area contributed by atoms with Crippen LogP contribution in [-0.2, 0) is 0 Å². The van der Waals surface area contributed by atoms with E-state index >= 15 is 0 Å². The van der Waals surface area contributed by atoms with Gasteiger partial charge in [-0.25, -0.2) is 4.39 Å². The Morgan fingerprint density at radius 3 is 2.48 bits per heavy atom. The lowest BCUT2D eigenvalue weighted by Gasteiger charge is -2.37. The highest BCUT2D eigenvalue weighted by Crippen LogP contribution is 2.29. The number of benzene rings is 1. The molecular weight excluding hydrogens is 267 g/mol. The molecule has 0 aliphatic carbocycles. The molecule has 1 aromatic carbocycles. The highest BCUT2D eigenvalue weighted by atomic mass is 19.1. The van der Waals surface area contributed by atoms with E-state index in [2.05, 4.69) is 28.8 Å². The van der Waals surface area contributed by atoms with Crippen molar-refractivity contribution < 1.29 is 4.39 Å². The monoisotopic (exact) mass is 294 g/mol. The van der Waals surface area contributed by atoms with E-state index in [1.54, 1.807) is 6.07 Å². The molecular formula is C16H27FN4. The van der Waals surface area contributed by atoms with Crippen molar-refractivity contribution >= 4 is 5.69 Å². The molecule has 4 nitrogen and oxygen atoms in total. The van der Waals surface area contributed by atoms with Gasteiger partial charge in [-0.05, 0) is 32.6 Å². The second-order valence-electron chi connectivity index (χ2n) is 6.10. The lowest BCUT2D eigenvalue weighted by Crippen LogP contribution is -2.48. The molecule has 1 saturated heterocycles. The van der Waals surface area contributed by atoms with Gasteiger partial charge in [-0.1, -0.05) is 12.1 Å². The number of rotatable bonds is 5.